The van der Waals surface area contributed by atoms with E-state index in [0.717, 1.165) is 31.7 Å². The van der Waals surface area contributed by atoms with Crippen molar-refractivity contribution in [3.05, 3.63) is 35.4 Å². The highest BCUT2D eigenvalue weighted by atomic mass is 19.3. The summed E-state index contributed by atoms with van der Waals surface area (Å²) in [5.41, 5.74) is 1.17. The summed E-state index contributed by atoms with van der Waals surface area (Å²) in [4.78, 5) is 2.45. The van der Waals surface area contributed by atoms with Crippen LogP contribution in [0.4, 0.5) is 8.78 Å². The summed E-state index contributed by atoms with van der Waals surface area (Å²) in [6.45, 7) is 6.39. The molecule has 0 aliphatic carbocycles. The van der Waals surface area contributed by atoms with Crippen LogP contribution in [-0.2, 0) is 6.54 Å². The minimum atomic E-state index is -2.37. The Hall–Kier alpha value is -1.00. The zero-order valence-electron chi connectivity index (χ0n) is 11.4. The van der Waals surface area contributed by atoms with Crippen molar-refractivity contribution in [1.82, 2.24) is 10.2 Å². The molecule has 1 aliphatic rings. The van der Waals surface area contributed by atoms with Gasteiger partial charge in [-0.15, -0.1) is 0 Å². The number of benzene rings is 1. The minimum absolute atomic E-state index is 0.0972. The first-order valence-electron chi connectivity index (χ1n) is 7.01. The van der Waals surface area contributed by atoms with Crippen molar-refractivity contribution in [2.75, 3.05) is 19.6 Å². The first-order valence-corrected chi connectivity index (χ1v) is 7.01. The van der Waals surface area contributed by atoms with Gasteiger partial charge in [-0.1, -0.05) is 31.2 Å². The van der Waals surface area contributed by atoms with Crippen LogP contribution in [0, 0.1) is 0 Å². The summed E-state index contributed by atoms with van der Waals surface area (Å²) in [6, 6.07) is 7.16. The zero-order chi connectivity index (χ0) is 13.7. The van der Waals surface area contributed by atoms with Gasteiger partial charge in [0.2, 0.25) is 0 Å². The normalized spacial score (nSPS) is 18.1. The molecule has 106 valence electrons. The van der Waals surface area contributed by atoms with Gasteiger partial charge in [0.15, 0.2) is 0 Å². The molecule has 0 unspecified atom stereocenters. The van der Waals surface area contributed by atoms with Gasteiger partial charge >= 0.3 is 0 Å². The molecule has 0 bridgehead atoms. The molecule has 0 aromatic heterocycles. The van der Waals surface area contributed by atoms with Gasteiger partial charge in [0.05, 0.1) is 0 Å². The van der Waals surface area contributed by atoms with Gasteiger partial charge in [-0.2, -0.15) is 0 Å². The average molecular weight is 268 g/mol. The molecule has 2 rings (SSSR count). The monoisotopic (exact) mass is 268 g/mol. The van der Waals surface area contributed by atoms with E-state index < -0.39 is 6.43 Å². The van der Waals surface area contributed by atoms with Crippen LogP contribution in [0.15, 0.2) is 24.3 Å². The molecular weight excluding hydrogens is 246 g/mol. The smallest absolute Gasteiger partial charge is 0.263 e. The third kappa shape index (κ3) is 4.25. The summed E-state index contributed by atoms with van der Waals surface area (Å²) in [5, 5.41) is 3.52. The van der Waals surface area contributed by atoms with Crippen molar-refractivity contribution in [3.63, 3.8) is 0 Å². The number of nitrogens with zero attached hydrogens (tertiary/aromatic N) is 1. The molecule has 1 heterocycles. The van der Waals surface area contributed by atoms with Gasteiger partial charge in [-0.25, -0.2) is 8.78 Å². The second-order valence-electron chi connectivity index (χ2n) is 5.13. The largest absolute Gasteiger partial charge is 0.310 e. The SMILES string of the molecule is CCN1CCC(NCc2ccc(C(F)F)cc2)CC1. The van der Waals surface area contributed by atoms with Crippen LogP contribution in [0.2, 0.25) is 0 Å². The molecule has 0 radical (unpaired) electrons. The lowest BCUT2D eigenvalue weighted by Gasteiger charge is -2.31. The molecular formula is C15H22F2N2. The van der Waals surface area contributed by atoms with Gasteiger partial charge in [-0.05, 0) is 38.0 Å². The average Bonchev–Trinajstić information content (AvgIpc) is 2.46. The van der Waals surface area contributed by atoms with E-state index in [0.29, 0.717) is 6.04 Å². The number of likely N-dealkylation sites (tertiary alicyclic amines) is 1. The molecule has 19 heavy (non-hydrogen) atoms. The maximum atomic E-state index is 12.4. The fraction of sp³-hybridized carbons (Fsp3) is 0.600. The van der Waals surface area contributed by atoms with E-state index in [1.807, 2.05) is 0 Å². The lowest BCUT2D eigenvalue weighted by Crippen LogP contribution is -2.42. The Morgan fingerprint density at radius 1 is 1.21 bits per heavy atom. The second-order valence-corrected chi connectivity index (χ2v) is 5.13. The van der Waals surface area contributed by atoms with Gasteiger partial charge in [-0.3, -0.25) is 0 Å². The molecule has 4 heteroatoms. The Morgan fingerprint density at radius 2 is 1.84 bits per heavy atom. The Kier molecular flexibility index (Phi) is 5.28. The zero-order valence-corrected chi connectivity index (χ0v) is 11.4. The van der Waals surface area contributed by atoms with Crippen molar-refractivity contribution >= 4 is 0 Å². The summed E-state index contributed by atoms with van der Waals surface area (Å²) in [7, 11) is 0. The molecule has 1 aromatic carbocycles. The molecule has 0 saturated carbocycles. The first kappa shape index (κ1) is 14.4. The highest BCUT2D eigenvalue weighted by molar-refractivity contribution is 5.23. The lowest BCUT2D eigenvalue weighted by atomic mass is 10.0. The van der Waals surface area contributed by atoms with E-state index in [-0.39, 0.29) is 5.56 Å². The fourth-order valence-electron chi connectivity index (χ4n) is 2.50. The molecule has 0 spiro atoms. The number of hydrogen-bond acceptors (Lipinski definition) is 2. The lowest BCUT2D eigenvalue weighted by molar-refractivity contribution is 0.151. The molecule has 0 amide bonds. The van der Waals surface area contributed by atoms with Crippen molar-refractivity contribution in [1.29, 1.82) is 0 Å². The number of alkyl halides is 2. The van der Waals surface area contributed by atoms with Crippen molar-refractivity contribution in [2.24, 2.45) is 0 Å². The summed E-state index contributed by atoms with van der Waals surface area (Å²) < 4.78 is 24.9. The second kappa shape index (κ2) is 6.96. The Morgan fingerprint density at radius 3 is 2.37 bits per heavy atom. The highest BCUT2D eigenvalue weighted by Gasteiger charge is 2.17. The number of halogens is 2. The van der Waals surface area contributed by atoms with Crippen LogP contribution in [0.3, 0.4) is 0 Å². The third-order valence-electron chi connectivity index (χ3n) is 3.86. The van der Waals surface area contributed by atoms with Crippen molar-refractivity contribution in [3.8, 4) is 0 Å². The Balaban J connectivity index is 1.76. The first-order chi connectivity index (χ1) is 9.19. The number of rotatable bonds is 5. The molecule has 1 saturated heterocycles. The summed E-state index contributed by atoms with van der Waals surface area (Å²) in [6.07, 6.45) is -0.0354. The van der Waals surface area contributed by atoms with E-state index in [4.69, 9.17) is 0 Å². The van der Waals surface area contributed by atoms with Crippen LogP contribution in [0.25, 0.3) is 0 Å². The molecule has 1 aromatic rings. The molecule has 1 fully saturated rings. The van der Waals surface area contributed by atoms with E-state index in [1.54, 1.807) is 12.1 Å². The molecule has 1 aliphatic heterocycles. The molecule has 0 atom stereocenters. The predicted molar refractivity (Wildman–Crippen MR) is 73.4 cm³/mol. The fourth-order valence-corrected chi connectivity index (χ4v) is 2.50. The number of nitrogens with one attached hydrogen (secondary N) is 1. The topological polar surface area (TPSA) is 15.3 Å². The van der Waals surface area contributed by atoms with Crippen LogP contribution in [-0.4, -0.2) is 30.6 Å². The van der Waals surface area contributed by atoms with Gasteiger partial charge in [0.25, 0.3) is 6.43 Å². The maximum Gasteiger partial charge on any atom is 0.263 e. The third-order valence-corrected chi connectivity index (χ3v) is 3.86. The molecule has 1 N–H and O–H groups in total. The van der Waals surface area contributed by atoms with Gasteiger partial charge in [0.1, 0.15) is 0 Å². The van der Waals surface area contributed by atoms with Crippen LogP contribution in [0.1, 0.15) is 37.3 Å². The number of piperidine rings is 1. The van der Waals surface area contributed by atoms with E-state index >= 15 is 0 Å². The van der Waals surface area contributed by atoms with Crippen LogP contribution in [0.5, 0.6) is 0 Å². The molecule has 2 nitrogen and oxygen atoms in total. The predicted octanol–water partition coefficient (Wildman–Crippen LogP) is 3.20. The van der Waals surface area contributed by atoms with Crippen LogP contribution >= 0.6 is 0 Å². The van der Waals surface area contributed by atoms with E-state index in [2.05, 4.69) is 17.1 Å². The quantitative estimate of drug-likeness (QED) is 0.882. The summed E-state index contributed by atoms with van der Waals surface area (Å²) >= 11 is 0. The van der Waals surface area contributed by atoms with Crippen molar-refractivity contribution in [2.45, 2.75) is 38.8 Å². The minimum Gasteiger partial charge on any atom is -0.310 e. The van der Waals surface area contributed by atoms with Gasteiger partial charge < -0.3 is 10.2 Å². The Bertz CT molecular complexity index is 370. The maximum absolute atomic E-state index is 12.4. The van der Waals surface area contributed by atoms with Crippen LogP contribution < -0.4 is 5.32 Å². The van der Waals surface area contributed by atoms with Gasteiger partial charge in [0, 0.05) is 18.2 Å². The van der Waals surface area contributed by atoms with E-state index in [1.165, 1.54) is 25.0 Å². The summed E-state index contributed by atoms with van der Waals surface area (Å²) in [5.74, 6) is 0. The van der Waals surface area contributed by atoms with E-state index in [9.17, 15) is 8.78 Å². The van der Waals surface area contributed by atoms with Crippen molar-refractivity contribution < 1.29 is 8.78 Å². The highest BCUT2D eigenvalue weighted by Crippen LogP contribution is 2.19. The Labute approximate surface area is 113 Å². The number of hydrogen-bond donors (Lipinski definition) is 1. The standard InChI is InChI=1S/C15H22F2N2/c1-2-19-9-7-14(8-10-19)18-11-12-3-5-13(6-4-12)15(16)17/h3-6,14-15,18H,2,7-11H2,1H3.